The first-order valence-corrected chi connectivity index (χ1v) is 16.6. The Hall–Kier alpha value is -5.25. The van der Waals surface area contributed by atoms with Gasteiger partial charge in [-0.15, -0.1) is 0 Å². The van der Waals surface area contributed by atoms with Gasteiger partial charge in [0, 0.05) is 36.6 Å². The summed E-state index contributed by atoms with van der Waals surface area (Å²) in [7, 11) is -4.29. The lowest BCUT2D eigenvalue weighted by Gasteiger charge is -2.26. The topological polar surface area (TPSA) is 147 Å². The van der Waals surface area contributed by atoms with Crippen molar-refractivity contribution in [3.63, 3.8) is 0 Å². The number of benzene rings is 3. The summed E-state index contributed by atoms with van der Waals surface area (Å²) in [4.78, 5) is 28.2. The van der Waals surface area contributed by atoms with E-state index in [1.165, 1.54) is 36.1 Å². The van der Waals surface area contributed by atoms with Crippen LogP contribution in [0.2, 0.25) is 5.02 Å². The van der Waals surface area contributed by atoms with Crippen LogP contribution in [0.4, 0.5) is 26.0 Å². The number of fused-ring (bicyclic) bond motifs is 2. The quantitative estimate of drug-likeness (QED) is 0.206. The van der Waals surface area contributed by atoms with Crippen molar-refractivity contribution in [3.8, 4) is 5.82 Å². The summed E-state index contributed by atoms with van der Waals surface area (Å²) in [5.74, 6) is -2.18. The molecule has 0 unspecified atom stereocenters. The fraction of sp³-hybridized carbons (Fsp3) is 0.156. The summed E-state index contributed by atoms with van der Waals surface area (Å²) >= 11 is 6.10. The number of nitrogens with zero attached hydrogens (tertiary/aromatic N) is 6. The van der Waals surface area contributed by atoms with E-state index in [9.17, 15) is 13.2 Å². The molecule has 3 aromatic carbocycles. The van der Waals surface area contributed by atoms with Crippen LogP contribution in [0.3, 0.4) is 0 Å². The number of pyridine rings is 1. The maximum absolute atomic E-state index is 15.8. The Kier molecular flexibility index (Phi) is 8.10. The van der Waals surface area contributed by atoms with Crippen molar-refractivity contribution in [2.75, 3.05) is 36.2 Å². The van der Waals surface area contributed by atoms with E-state index in [1.807, 2.05) is 24.3 Å². The minimum atomic E-state index is -4.29. The summed E-state index contributed by atoms with van der Waals surface area (Å²) in [5, 5.41) is 11.4. The number of para-hydroxylation sites is 1. The first-order valence-electron chi connectivity index (χ1n) is 14.8. The van der Waals surface area contributed by atoms with Gasteiger partial charge >= 0.3 is 0 Å². The Bertz CT molecular complexity index is 2350. The molecule has 1 fully saturated rings. The van der Waals surface area contributed by atoms with Gasteiger partial charge in [0.05, 0.1) is 21.6 Å². The number of aromatic nitrogens is 5. The third kappa shape index (κ3) is 5.65. The van der Waals surface area contributed by atoms with Crippen molar-refractivity contribution < 1.29 is 22.0 Å². The molecular weight excluding hydrogens is 664 g/mol. The summed E-state index contributed by atoms with van der Waals surface area (Å²) in [6, 6.07) is 16.8. The van der Waals surface area contributed by atoms with Gasteiger partial charge in [-0.25, -0.2) is 36.8 Å². The lowest BCUT2D eigenvalue weighted by molar-refractivity contribution is 0.0731. The third-order valence-electron chi connectivity index (χ3n) is 7.96. The summed E-state index contributed by atoms with van der Waals surface area (Å²) < 4.78 is 60.9. The second-order valence-electron chi connectivity index (χ2n) is 11.0. The number of hydrogen-bond donors (Lipinski definition) is 3. The molecule has 244 valence electrons. The van der Waals surface area contributed by atoms with Gasteiger partial charge in [-0.1, -0.05) is 35.9 Å². The van der Waals surface area contributed by atoms with Crippen molar-refractivity contribution in [2.24, 2.45) is 0 Å². The molecule has 12 nitrogen and oxygen atoms in total. The third-order valence-corrected chi connectivity index (χ3v) is 9.88. The molecule has 6 aromatic rings. The van der Waals surface area contributed by atoms with Crippen LogP contribution in [0.1, 0.15) is 16.1 Å². The van der Waals surface area contributed by atoms with Gasteiger partial charge in [0.1, 0.15) is 23.3 Å². The van der Waals surface area contributed by atoms with E-state index in [-0.39, 0.29) is 38.4 Å². The number of amides is 1. The molecule has 48 heavy (non-hydrogen) atoms. The Labute approximate surface area is 277 Å². The Morgan fingerprint density at radius 1 is 0.979 bits per heavy atom. The predicted octanol–water partition coefficient (Wildman–Crippen LogP) is 5.19. The standard InChI is InChI=1S/C32H26ClF2N9O3S/c1-18-20(33)6-4-8-25(18)48(46,47)42-22-10-9-21(34)29(27(22)35)40-31-30-23(37-17-38-31)11-12-26(39-30)44-24-7-3-2-5-19(24)28(41-44)32(45)43-15-13-36-14-16-43/h2-12,17,36,42H,13-16H2,1H3,(H,37,38,40). The molecule has 4 heterocycles. The molecule has 3 aromatic heterocycles. The largest absolute Gasteiger partial charge is 0.335 e. The van der Waals surface area contributed by atoms with Gasteiger partial charge in [-0.3, -0.25) is 9.52 Å². The molecule has 3 N–H and O–H groups in total. The lowest BCUT2D eigenvalue weighted by atomic mass is 10.2. The van der Waals surface area contributed by atoms with Crippen LogP contribution in [-0.2, 0) is 10.0 Å². The molecule has 7 rings (SSSR count). The first kappa shape index (κ1) is 31.4. The lowest BCUT2D eigenvalue weighted by Crippen LogP contribution is -2.46. The highest BCUT2D eigenvalue weighted by atomic mass is 35.5. The molecule has 16 heteroatoms. The van der Waals surface area contributed by atoms with Gasteiger partial charge in [0.15, 0.2) is 23.1 Å². The first-order chi connectivity index (χ1) is 23.1. The Balaban J connectivity index is 1.26. The highest BCUT2D eigenvalue weighted by molar-refractivity contribution is 7.92. The molecule has 0 aliphatic carbocycles. The number of nitrogens with one attached hydrogen (secondary N) is 3. The predicted molar refractivity (Wildman–Crippen MR) is 177 cm³/mol. The number of piperazine rings is 1. The fourth-order valence-electron chi connectivity index (χ4n) is 5.50. The van der Waals surface area contributed by atoms with Crippen LogP contribution >= 0.6 is 11.6 Å². The average Bonchev–Trinajstić information content (AvgIpc) is 3.48. The van der Waals surface area contributed by atoms with Gasteiger partial charge in [0.25, 0.3) is 15.9 Å². The summed E-state index contributed by atoms with van der Waals surface area (Å²) in [5.41, 5.74) is 0.484. The van der Waals surface area contributed by atoms with E-state index in [0.29, 0.717) is 48.4 Å². The molecule has 0 bridgehead atoms. The molecule has 0 atom stereocenters. The molecule has 0 radical (unpaired) electrons. The average molecular weight is 690 g/mol. The summed E-state index contributed by atoms with van der Waals surface area (Å²) in [6.07, 6.45) is 1.20. The smallest absolute Gasteiger partial charge is 0.275 e. The SMILES string of the molecule is Cc1c(Cl)cccc1S(=O)(=O)Nc1ccc(F)c(Nc2ncnc3ccc(-n4nc(C(=O)N5CCNCC5)c5ccccc54)nc23)c1F. The molecular formula is C32H26ClF2N9O3S. The maximum atomic E-state index is 15.8. The number of halogens is 3. The van der Waals surface area contributed by atoms with Crippen molar-refractivity contribution in [1.82, 2.24) is 34.9 Å². The number of hydrogen-bond acceptors (Lipinski definition) is 9. The molecule has 0 spiro atoms. The van der Waals surface area contributed by atoms with E-state index in [2.05, 4.69) is 35.4 Å². The number of anilines is 3. The Morgan fingerprint density at radius 2 is 1.77 bits per heavy atom. The number of carbonyl (C=O) groups excluding carboxylic acids is 1. The zero-order chi connectivity index (χ0) is 33.6. The van der Waals surface area contributed by atoms with Crippen molar-refractivity contribution in [2.45, 2.75) is 11.8 Å². The van der Waals surface area contributed by atoms with Crippen LogP contribution in [-0.4, -0.2) is 70.1 Å². The van der Waals surface area contributed by atoms with E-state index in [1.54, 1.807) is 17.0 Å². The van der Waals surface area contributed by atoms with Gasteiger partial charge < -0.3 is 15.5 Å². The Morgan fingerprint density at radius 3 is 2.58 bits per heavy atom. The number of rotatable bonds is 7. The molecule has 1 aliphatic heterocycles. The van der Waals surface area contributed by atoms with Crippen LogP contribution in [0, 0.1) is 18.6 Å². The number of carbonyl (C=O) groups is 1. The van der Waals surface area contributed by atoms with Crippen LogP contribution in [0.15, 0.2) is 78.0 Å². The zero-order valence-corrected chi connectivity index (χ0v) is 26.8. The normalized spacial score (nSPS) is 13.6. The second kappa shape index (κ2) is 12.4. The van der Waals surface area contributed by atoms with Crippen LogP contribution in [0.5, 0.6) is 0 Å². The fourth-order valence-corrected chi connectivity index (χ4v) is 7.06. The minimum Gasteiger partial charge on any atom is -0.335 e. The van der Waals surface area contributed by atoms with Gasteiger partial charge in [-0.2, -0.15) is 5.10 Å². The van der Waals surface area contributed by atoms with Gasteiger partial charge in [-0.05, 0) is 55.0 Å². The van der Waals surface area contributed by atoms with E-state index in [4.69, 9.17) is 11.6 Å². The molecule has 1 amide bonds. The van der Waals surface area contributed by atoms with Crippen molar-refractivity contribution in [1.29, 1.82) is 0 Å². The molecule has 1 aliphatic rings. The van der Waals surface area contributed by atoms with Crippen molar-refractivity contribution >= 4 is 66.7 Å². The zero-order valence-electron chi connectivity index (χ0n) is 25.2. The highest BCUT2D eigenvalue weighted by Gasteiger charge is 2.26. The highest BCUT2D eigenvalue weighted by Crippen LogP contribution is 2.33. The summed E-state index contributed by atoms with van der Waals surface area (Å²) in [6.45, 7) is 3.99. The second-order valence-corrected chi connectivity index (χ2v) is 13.0. The van der Waals surface area contributed by atoms with E-state index >= 15 is 8.78 Å². The maximum Gasteiger partial charge on any atom is 0.275 e. The number of sulfonamides is 1. The van der Waals surface area contributed by atoms with Gasteiger partial charge in [0.2, 0.25) is 0 Å². The van der Waals surface area contributed by atoms with Crippen LogP contribution in [0.25, 0.3) is 27.8 Å². The monoisotopic (exact) mass is 689 g/mol. The van der Waals surface area contributed by atoms with Crippen molar-refractivity contribution in [3.05, 3.63) is 101 Å². The molecule has 1 saturated heterocycles. The van der Waals surface area contributed by atoms with Crippen LogP contribution < -0.4 is 15.4 Å². The minimum absolute atomic E-state index is 0.0566. The molecule has 0 saturated carbocycles. The van der Waals surface area contributed by atoms with E-state index in [0.717, 1.165) is 12.1 Å². The van der Waals surface area contributed by atoms with E-state index < -0.39 is 33.0 Å².